The van der Waals surface area contributed by atoms with Gasteiger partial charge in [-0.25, -0.2) is 0 Å². The van der Waals surface area contributed by atoms with Crippen molar-refractivity contribution in [2.75, 3.05) is 25.0 Å². The fraction of sp³-hybridized carbons (Fsp3) is 0.625. The van der Waals surface area contributed by atoms with Crippen molar-refractivity contribution < 1.29 is 0 Å². The van der Waals surface area contributed by atoms with E-state index in [2.05, 4.69) is 62.3 Å². The number of hydrogen-bond acceptors (Lipinski definition) is 2. The lowest BCUT2D eigenvalue weighted by atomic mass is 10.1. The van der Waals surface area contributed by atoms with Crippen LogP contribution in [0, 0.1) is 6.92 Å². The molecule has 0 aliphatic rings. The number of nitrogens with one attached hydrogen (secondary N) is 1. The zero-order chi connectivity index (χ0) is 13.4. The minimum absolute atomic E-state index is 0.635. The van der Waals surface area contributed by atoms with Crippen LogP contribution in [0.4, 0.5) is 5.69 Å². The van der Waals surface area contributed by atoms with Crippen molar-refractivity contribution in [2.24, 2.45) is 0 Å². The molecule has 1 N–H and O–H groups in total. The van der Waals surface area contributed by atoms with Gasteiger partial charge in [0.1, 0.15) is 0 Å². The summed E-state index contributed by atoms with van der Waals surface area (Å²) < 4.78 is 0. The first-order chi connectivity index (χ1) is 8.63. The second-order valence-electron chi connectivity index (χ2n) is 5.26. The van der Waals surface area contributed by atoms with E-state index in [1.165, 1.54) is 30.5 Å². The van der Waals surface area contributed by atoms with Crippen molar-refractivity contribution in [3.63, 3.8) is 0 Å². The molecular formula is C16H28N2. The van der Waals surface area contributed by atoms with Gasteiger partial charge in [0.05, 0.1) is 0 Å². The normalized spacial score (nSPS) is 12.4. The lowest BCUT2D eigenvalue weighted by Crippen LogP contribution is -2.28. The molecule has 18 heavy (non-hydrogen) atoms. The van der Waals surface area contributed by atoms with E-state index >= 15 is 0 Å². The SMILES string of the molecule is CCCNC(C)CCCN(C)c1cccc(C)c1. The largest absolute Gasteiger partial charge is 0.375 e. The molecule has 0 radical (unpaired) electrons. The molecule has 1 rings (SSSR count). The summed E-state index contributed by atoms with van der Waals surface area (Å²) in [5, 5.41) is 3.54. The lowest BCUT2D eigenvalue weighted by molar-refractivity contribution is 0.499. The molecule has 0 heterocycles. The fourth-order valence-electron chi connectivity index (χ4n) is 2.12. The summed E-state index contributed by atoms with van der Waals surface area (Å²) >= 11 is 0. The Labute approximate surface area is 112 Å². The van der Waals surface area contributed by atoms with E-state index in [4.69, 9.17) is 0 Å². The summed E-state index contributed by atoms with van der Waals surface area (Å²) in [5.74, 6) is 0. The smallest absolute Gasteiger partial charge is 0.0366 e. The molecule has 0 saturated carbocycles. The maximum absolute atomic E-state index is 3.54. The first-order valence-corrected chi connectivity index (χ1v) is 7.14. The van der Waals surface area contributed by atoms with Crippen LogP contribution in [0.15, 0.2) is 24.3 Å². The van der Waals surface area contributed by atoms with Gasteiger partial charge in [0.15, 0.2) is 0 Å². The third-order valence-electron chi connectivity index (χ3n) is 3.32. The summed E-state index contributed by atoms with van der Waals surface area (Å²) in [7, 11) is 2.18. The van der Waals surface area contributed by atoms with Gasteiger partial charge in [-0.3, -0.25) is 0 Å². The van der Waals surface area contributed by atoms with E-state index in [0.717, 1.165) is 13.1 Å². The van der Waals surface area contributed by atoms with Gasteiger partial charge in [0.2, 0.25) is 0 Å². The van der Waals surface area contributed by atoms with E-state index in [1.54, 1.807) is 0 Å². The van der Waals surface area contributed by atoms with E-state index in [-0.39, 0.29) is 0 Å². The second kappa shape index (κ2) is 8.15. The van der Waals surface area contributed by atoms with Crippen LogP contribution in [0.5, 0.6) is 0 Å². The van der Waals surface area contributed by atoms with Crippen LogP contribution >= 0.6 is 0 Å². The van der Waals surface area contributed by atoms with Crippen LogP contribution in [0.25, 0.3) is 0 Å². The number of rotatable bonds is 8. The van der Waals surface area contributed by atoms with Crippen molar-refractivity contribution in [3.05, 3.63) is 29.8 Å². The number of nitrogens with zero attached hydrogens (tertiary/aromatic N) is 1. The van der Waals surface area contributed by atoms with Gasteiger partial charge in [-0.1, -0.05) is 19.1 Å². The fourth-order valence-corrected chi connectivity index (χ4v) is 2.12. The van der Waals surface area contributed by atoms with Crippen molar-refractivity contribution in [1.82, 2.24) is 5.32 Å². The molecule has 0 amide bonds. The molecule has 0 aliphatic carbocycles. The highest BCUT2D eigenvalue weighted by Crippen LogP contribution is 2.14. The Kier molecular flexibility index (Phi) is 6.81. The molecule has 1 aromatic carbocycles. The zero-order valence-electron chi connectivity index (χ0n) is 12.4. The van der Waals surface area contributed by atoms with Gasteiger partial charge in [0, 0.05) is 25.3 Å². The van der Waals surface area contributed by atoms with E-state index < -0.39 is 0 Å². The maximum atomic E-state index is 3.54. The molecule has 2 heteroatoms. The molecule has 102 valence electrons. The average Bonchev–Trinajstić information content (AvgIpc) is 2.36. The Hall–Kier alpha value is -1.02. The highest BCUT2D eigenvalue weighted by molar-refractivity contribution is 5.47. The molecule has 0 spiro atoms. The third-order valence-corrected chi connectivity index (χ3v) is 3.32. The van der Waals surface area contributed by atoms with Crippen molar-refractivity contribution in [1.29, 1.82) is 0 Å². The number of aryl methyl sites for hydroxylation is 1. The Bertz CT molecular complexity index is 336. The zero-order valence-corrected chi connectivity index (χ0v) is 12.4. The van der Waals surface area contributed by atoms with Crippen molar-refractivity contribution >= 4 is 5.69 Å². The molecule has 1 unspecified atom stereocenters. The minimum atomic E-state index is 0.635. The number of benzene rings is 1. The summed E-state index contributed by atoms with van der Waals surface area (Å²) in [6.07, 6.45) is 3.70. The number of hydrogen-bond donors (Lipinski definition) is 1. The van der Waals surface area contributed by atoms with Crippen LogP contribution in [-0.2, 0) is 0 Å². The summed E-state index contributed by atoms with van der Waals surface area (Å²) in [6.45, 7) is 8.90. The van der Waals surface area contributed by atoms with Crippen LogP contribution in [0.2, 0.25) is 0 Å². The first kappa shape index (κ1) is 15.0. The molecule has 0 fully saturated rings. The average molecular weight is 248 g/mol. The van der Waals surface area contributed by atoms with Gasteiger partial charge in [-0.05, 0) is 57.4 Å². The molecule has 1 atom stereocenters. The van der Waals surface area contributed by atoms with Gasteiger partial charge in [-0.2, -0.15) is 0 Å². The highest BCUT2D eigenvalue weighted by atomic mass is 15.1. The Morgan fingerprint density at radius 1 is 1.33 bits per heavy atom. The topological polar surface area (TPSA) is 15.3 Å². The van der Waals surface area contributed by atoms with Gasteiger partial charge in [0.25, 0.3) is 0 Å². The van der Waals surface area contributed by atoms with E-state index in [9.17, 15) is 0 Å². The highest BCUT2D eigenvalue weighted by Gasteiger charge is 2.03. The Morgan fingerprint density at radius 2 is 2.11 bits per heavy atom. The van der Waals surface area contributed by atoms with Crippen LogP contribution in [-0.4, -0.2) is 26.2 Å². The van der Waals surface area contributed by atoms with Crippen LogP contribution < -0.4 is 10.2 Å². The lowest BCUT2D eigenvalue weighted by Gasteiger charge is -2.21. The predicted molar refractivity (Wildman–Crippen MR) is 81.4 cm³/mol. The van der Waals surface area contributed by atoms with Gasteiger partial charge >= 0.3 is 0 Å². The van der Waals surface area contributed by atoms with Crippen molar-refractivity contribution in [2.45, 2.75) is 46.1 Å². The minimum Gasteiger partial charge on any atom is -0.375 e. The quantitative estimate of drug-likeness (QED) is 0.756. The van der Waals surface area contributed by atoms with Crippen LogP contribution in [0.1, 0.15) is 38.7 Å². The van der Waals surface area contributed by atoms with Crippen LogP contribution in [0.3, 0.4) is 0 Å². The van der Waals surface area contributed by atoms with Gasteiger partial charge in [-0.15, -0.1) is 0 Å². The molecule has 1 aromatic rings. The maximum Gasteiger partial charge on any atom is 0.0366 e. The molecule has 0 bridgehead atoms. The molecule has 0 saturated heterocycles. The summed E-state index contributed by atoms with van der Waals surface area (Å²) in [6, 6.07) is 9.35. The summed E-state index contributed by atoms with van der Waals surface area (Å²) in [5.41, 5.74) is 2.65. The predicted octanol–water partition coefficient (Wildman–Crippen LogP) is 3.60. The Balaban J connectivity index is 2.27. The standard InChI is InChI=1S/C16H28N2/c1-5-11-17-15(3)9-7-12-18(4)16-10-6-8-14(2)13-16/h6,8,10,13,15,17H,5,7,9,11-12H2,1-4H3. The van der Waals surface area contributed by atoms with E-state index in [0.29, 0.717) is 6.04 Å². The molecule has 2 nitrogen and oxygen atoms in total. The monoisotopic (exact) mass is 248 g/mol. The molecular weight excluding hydrogens is 220 g/mol. The second-order valence-corrected chi connectivity index (χ2v) is 5.26. The third kappa shape index (κ3) is 5.54. The Morgan fingerprint density at radius 3 is 2.78 bits per heavy atom. The van der Waals surface area contributed by atoms with Crippen molar-refractivity contribution in [3.8, 4) is 0 Å². The first-order valence-electron chi connectivity index (χ1n) is 7.14. The van der Waals surface area contributed by atoms with E-state index in [1.807, 2.05) is 0 Å². The summed E-state index contributed by atoms with van der Waals surface area (Å²) in [4.78, 5) is 2.35. The number of anilines is 1. The van der Waals surface area contributed by atoms with Gasteiger partial charge < -0.3 is 10.2 Å². The molecule has 0 aromatic heterocycles. The molecule has 0 aliphatic heterocycles.